The molecule has 15 heavy (non-hydrogen) atoms. The van der Waals surface area contributed by atoms with Gasteiger partial charge in [-0.1, -0.05) is 6.92 Å². The first kappa shape index (κ1) is 12.5. The maximum Gasteiger partial charge on any atom is 0.218 e. The fourth-order valence-electron chi connectivity index (χ4n) is 2.03. The van der Waals surface area contributed by atoms with Crippen LogP contribution >= 0.6 is 0 Å². The van der Waals surface area contributed by atoms with Gasteiger partial charge in [-0.15, -0.1) is 0 Å². The average molecular weight is 213 g/mol. The molecule has 1 aliphatic rings. The highest BCUT2D eigenvalue weighted by Gasteiger charge is 2.18. The van der Waals surface area contributed by atoms with Crippen molar-refractivity contribution in [3.05, 3.63) is 0 Å². The minimum absolute atomic E-state index is 0.190. The second kappa shape index (κ2) is 6.80. The van der Waals surface area contributed by atoms with E-state index in [1.165, 1.54) is 12.8 Å². The molecular weight excluding hydrogens is 190 g/mol. The van der Waals surface area contributed by atoms with Crippen molar-refractivity contribution in [2.24, 2.45) is 11.7 Å². The van der Waals surface area contributed by atoms with Crippen molar-refractivity contribution < 1.29 is 4.79 Å². The molecule has 1 amide bonds. The molecule has 1 rings (SSSR count). The molecule has 0 aliphatic carbocycles. The van der Waals surface area contributed by atoms with E-state index in [1.807, 2.05) is 0 Å². The first-order valence-electron chi connectivity index (χ1n) is 5.93. The zero-order valence-corrected chi connectivity index (χ0v) is 9.67. The summed E-state index contributed by atoms with van der Waals surface area (Å²) in [5, 5.41) is 3.39. The van der Waals surface area contributed by atoms with Gasteiger partial charge in [-0.3, -0.25) is 4.79 Å². The zero-order chi connectivity index (χ0) is 11.1. The van der Waals surface area contributed by atoms with Crippen molar-refractivity contribution in [1.82, 2.24) is 10.2 Å². The summed E-state index contributed by atoms with van der Waals surface area (Å²) in [6.45, 7) is 7.40. The SMILES string of the molecule is CCNCC1CCN(CCC(N)=O)CC1. The van der Waals surface area contributed by atoms with Crippen molar-refractivity contribution in [3.63, 3.8) is 0 Å². The van der Waals surface area contributed by atoms with Crippen LogP contribution in [0.25, 0.3) is 0 Å². The monoisotopic (exact) mass is 213 g/mol. The number of primary amides is 1. The van der Waals surface area contributed by atoms with Gasteiger partial charge in [0.1, 0.15) is 0 Å². The van der Waals surface area contributed by atoms with Crippen LogP contribution in [0.1, 0.15) is 26.2 Å². The van der Waals surface area contributed by atoms with Gasteiger partial charge in [0, 0.05) is 13.0 Å². The highest BCUT2D eigenvalue weighted by atomic mass is 16.1. The Bertz CT molecular complexity index is 188. The molecule has 1 fully saturated rings. The fourth-order valence-corrected chi connectivity index (χ4v) is 2.03. The van der Waals surface area contributed by atoms with Crippen molar-refractivity contribution >= 4 is 5.91 Å². The molecule has 1 aliphatic heterocycles. The number of amides is 1. The van der Waals surface area contributed by atoms with Crippen LogP contribution in [0.5, 0.6) is 0 Å². The Balaban J connectivity index is 2.09. The predicted molar refractivity (Wildman–Crippen MR) is 61.5 cm³/mol. The van der Waals surface area contributed by atoms with Crippen LogP contribution < -0.4 is 11.1 Å². The van der Waals surface area contributed by atoms with E-state index in [-0.39, 0.29) is 5.91 Å². The third-order valence-corrected chi connectivity index (χ3v) is 3.06. The van der Waals surface area contributed by atoms with Gasteiger partial charge in [0.2, 0.25) is 5.91 Å². The zero-order valence-electron chi connectivity index (χ0n) is 9.67. The summed E-state index contributed by atoms with van der Waals surface area (Å²) < 4.78 is 0. The predicted octanol–water partition coefficient (Wildman–Crippen LogP) is 0.183. The van der Waals surface area contributed by atoms with Gasteiger partial charge in [-0.25, -0.2) is 0 Å². The highest BCUT2D eigenvalue weighted by molar-refractivity contribution is 5.73. The number of nitrogens with one attached hydrogen (secondary N) is 1. The van der Waals surface area contributed by atoms with Gasteiger partial charge < -0.3 is 16.0 Å². The second-order valence-electron chi connectivity index (χ2n) is 4.31. The molecule has 0 spiro atoms. The van der Waals surface area contributed by atoms with Gasteiger partial charge in [0.25, 0.3) is 0 Å². The molecule has 0 atom stereocenters. The third-order valence-electron chi connectivity index (χ3n) is 3.06. The summed E-state index contributed by atoms with van der Waals surface area (Å²) in [6, 6.07) is 0. The van der Waals surface area contributed by atoms with E-state index in [0.717, 1.165) is 38.6 Å². The summed E-state index contributed by atoms with van der Waals surface area (Å²) in [7, 11) is 0. The molecule has 4 nitrogen and oxygen atoms in total. The number of carbonyl (C=O) groups is 1. The molecular formula is C11H23N3O. The number of carbonyl (C=O) groups excluding carboxylic acids is 1. The van der Waals surface area contributed by atoms with E-state index in [9.17, 15) is 4.79 Å². The number of rotatable bonds is 6. The normalized spacial score (nSPS) is 19.3. The van der Waals surface area contributed by atoms with E-state index in [1.54, 1.807) is 0 Å². The first-order valence-corrected chi connectivity index (χ1v) is 5.93. The summed E-state index contributed by atoms with van der Waals surface area (Å²) in [4.78, 5) is 13.0. The topological polar surface area (TPSA) is 58.4 Å². The lowest BCUT2D eigenvalue weighted by Gasteiger charge is -2.31. The summed E-state index contributed by atoms with van der Waals surface area (Å²) >= 11 is 0. The minimum atomic E-state index is -0.190. The molecule has 0 saturated carbocycles. The number of piperidine rings is 1. The van der Waals surface area contributed by atoms with Gasteiger partial charge in [-0.05, 0) is 44.9 Å². The van der Waals surface area contributed by atoms with Crippen molar-refractivity contribution in [3.8, 4) is 0 Å². The Kier molecular flexibility index (Phi) is 5.65. The van der Waals surface area contributed by atoms with Gasteiger partial charge >= 0.3 is 0 Å². The average Bonchev–Trinajstić information content (AvgIpc) is 2.25. The summed E-state index contributed by atoms with van der Waals surface area (Å²) in [6.07, 6.45) is 2.98. The molecule has 4 heteroatoms. The Morgan fingerprint density at radius 3 is 2.67 bits per heavy atom. The summed E-state index contributed by atoms with van der Waals surface area (Å²) in [5.41, 5.74) is 5.13. The lowest BCUT2D eigenvalue weighted by atomic mass is 9.96. The second-order valence-corrected chi connectivity index (χ2v) is 4.31. The molecule has 0 unspecified atom stereocenters. The lowest BCUT2D eigenvalue weighted by molar-refractivity contribution is -0.118. The largest absolute Gasteiger partial charge is 0.370 e. The van der Waals surface area contributed by atoms with Crippen molar-refractivity contribution in [2.75, 3.05) is 32.7 Å². The molecule has 1 heterocycles. The van der Waals surface area contributed by atoms with Crippen molar-refractivity contribution in [2.45, 2.75) is 26.2 Å². The smallest absolute Gasteiger partial charge is 0.218 e. The lowest BCUT2D eigenvalue weighted by Crippen LogP contribution is -2.38. The van der Waals surface area contributed by atoms with E-state index >= 15 is 0 Å². The van der Waals surface area contributed by atoms with E-state index < -0.39 is 0 Å². The Hall–Kier alpha value is -0.610. The maximum absolute atomic E-state index is 10.6. The molecule has 0 bridgehead atoms. The Morgan fingerprint density at radius 2 is 2.13 bits per heavy atom. The van der Waals surface area contributed by atoms with Crippen LogP contribution in [-0.4, -0.2) is 43.5 Å². The van der Waals surface area contributed by atoms with Gasteiger partial charge in [0.05, 0.1) is 0 Å². The summed E-state index contributed by atoms with van der Waals surface area (Å²) in [5.74, 6) is 0.625. The van der Waals surface area contributed by atoms with E-state index in [2.05, 4.69) is 17.1 Å². The molecule has 1 saturated heterocycles. The van der Waals surface area contributed by atoms with E-state index in [4.69, 9.17) is 5.73 Å². The van der Waals surface area contributed by atoms with Crippen LogP contribution in [0.15, 0.2) is 0 Å². The molecule has 0 aromatic heterocycles. The van der Waals surface area contributed by atoms with Crippen molar-refractivity contribution in [1.29, 1.82) is 0 Å². The molecule has 3 N–H and O–H groups in total. The molecule has 0 aromatic rings. The Morgan fingerprint density at radius 1 is 1.47 bits per heavy atom. The van der Waals surface area contributed by atoms with Gasteiger partial charge in [0.15, 0.2) is 0 Å². The number of nitrogens with zero attached hydrogens (tertiary/aromatic N) is 1. The quantitative estimate of drug-likeness (QED) is 0.662. The molecule has 0 aromatic carbocycles. The first-order chi connectivity index (χ1) is 7.22. The van der Waals surface area contributed by atoms with Crippen LogP contribution in [0.2, 0.25) is 0 Å². The van der Waals surface area contributed by atoms with Crippen LogP contribution in [0.4, 0.5) is 0 Å². The van der Waals surface area contributed by atoms with Gasteiger partial charge in [-0.2, -0.15) is 0 Å². The van der Waals surface area contributed by atoms with Crippen LogP contribution in [0.3, 0.4) is 0 Å². The molecule has 88 valence electrons. The standard InChI is InChI=1S/C11H23N3O/c1-2-13-9-10-3-6-14(7-4-10)8-5-11(12)15/h10,13H,2-9H2,1H3,(H2,12,15). The fraction of sp³-hybridized carbons (Fsp3) is 0.909. The number of likely N-dealkylation sites (tertiary alicyclic amines) is 1. The van der Waals surface area contributed by atoms with Crippen LogP contribution in [-0.2, 0) is 4.79 Å². The van der Waals surface area contributed by atoms with E-state index in [0.29, 0.717) is 6.42 Å². The number of hydrogen-bond acceptors (Lipinski definition) is 3. The molecule has 0 radical (unpaired) electrons. The maximum atomic E-state index is 10.6. The van der Waals surface area contributed by atoms with Crippen LogP contribution in [0, 0.1) is 5.92 Å². The highest BCUT2D eigenvalue weighted by Crippen LogP contribution is 2.16. The Labute approximate surface area is 92.2 Å². The number of hydrogen-bond donors (Lipinski definition) is 2. The minimum Gasteiger partial charge on any atom is -0.370 e. The number of nitrogens with two attached hydrogens (primary N) is 1. The third kappa shape index (κ3) is 5.14.